The standard InChI is InChI=1S/C22H17FN2O3S/c23-18-6-2-1-5-17(18)20-10-8-16(28-20)9-11-21(26)27-13-15-14-29-22(25-15)19-7-3-4-12-24-19/h1-8,10,12,14H,9,11,13H2. The minimum Gasteiger partial charge on any atom is -0.461 e. The second kappa shape index (κ2) is 8.79. The SMILES string of the molecule is O=C(CCc1ccc(-c2ccccc2F)o1)OCc1csc(-c2ccccn2)n1. The molecule has 146 valence electrons. The van der Waals surface area contributed by atoms with E-state index < -0.39 is 0 Å². The van der Waals surface area contributed by atoms with E-state index in [1.54, 1.807) is 36.5 Å². The number of aromatic nitrogens is 2. The number of pyridine rings is 1. The summed E-state index contributed by atoms with van der Waals surface area (Å²) in [5, 5.41) is 2.64. The van der Waals surface area contributed by atoms with E-state index in [4.69, 9.17) is 9.15 Å². The van der Waals surface area contributed by atoms with Crippen LogP contribution in [0.4, 0.5) is 4.39 Å². The number of rotatable bonds is 7. The zero-order chi connectivity index (χ0) is 20.1. The number of aryl methyl sites for hydroxylation is 1. The number of benzene rings is 1. The molecular formula is C22H17FN2O3S. The Bertz CT molecular complexity index is 1110. The molecule has 0 saturated carbocycles. The van der Waals surface area contributed by atoms with Crippen molar-refractivity contribution < 1.29 is 18.3 Å². The largest absolute Gasteiger partial charge is 0.461 e. The zero-order valence-corrected chi connectivity index (χ0v) is 16.2. The fraction of sp³-hybridized carbons (Fsp3) is 0.136. The number of carbonyl (C=O) groups excluding carboxylic acids is 1. The van der Waals surface area contributed by atoms with Crippen LogP contribution in [-0.4, -0.2) is 15.9 Å². The van der Waals surface area contributed by atoms with E-state index in [2.05, 4.69) is 9.97 Å². The lowest BCUT2D eigenvalue weighted by Gasteiger charge is -2.02. The van der Waals surface area contributed by atoms with Gasteiger partial charge < -0.3 is 9.15 Å². The first kappa shape index (κ1) is 19.0. The molecule has 7 heteroatoms. The van der Waals surface area contributed by atoms with Crippen LogP contribution in [0.15, 0.2) is 70.6 Å². The third-order valence-electron chi connectivity index (χ3n) is 4.19. The van der Waals surface area contributed by atoms with Gasteiger partial charge in [0, 0.05) is 18.0 Å². The maximum absolute atomic E-state index is 13.8. The Kier molecular flexibility index (Phi) is 5.76. The molecular weight excluding hydrogens is 391 g/mol. The molecule has 0 radical (unpaired) electrons. The van der Waals surface area contributed by atoms with Gasteiger partial charge in [-0.05, 0) is 36.4 Å². The number of esters is 1. The van der Waals surface area contributed by atoms with Gasteiger partial charge in [0.15, 0.2) is 0 Å². The molecule has 4 aromatic rings. The molecule has 0 atom stereocenters. The molecule has 1 aromatic carbocycles. The maximum Gasteiger partial charge on any atom is 0.306 e. The fourth-order valence-corrected chi connectivity index (χ4v) is 3.53. The van der Waals surface area contributed by atoms with E-state index in [0.717, 1.165) is 10.7 Å². The molecule has 29 heavy (non-hydrogen) atoms. The minimum absolute atomic E-state index is 0.112. The molecule has 0 aliphatic carbocycles. The Morgan fingerprint density at radius 2 is 1.97 bits per heavy atom. The molecule has 0 bridgehead atoms. The van der Waals surface area contributed by atoms with Crippen LogP contribution in [0, 0.1) is 5.82 Å². The molecule has 0 N–H and O–H groups in total. The Hall–Kier alpha value is -3.32. The molecule has 0 amide bonds. The molecule has 0 aliphatic rings. The van der Waals surface area contributed by atoms with Crippen molar-refractivity contribution >= 4 is 17.3 Å². The van der Waals surface area contributed by atoms with Crippen LogP contribution in [0.2, 0.25) is 0 Å². The Morgan fingerprint density at radius 3 is 2.79 bits per heavy atom. The van der Waals surface area contributed by atoms with Crippen molar-refractivity contribution in [2.75, 3.05) is 0 Å². The van der Waals surface area contributed by atoms with Crippen LogP contribution >= 0.6 is 11.3 Å². The number of hydrogen-bond acceptors (Lipinski definition) is 6. The van der Waals surface area contributed by atoms with Crippen molar-refractivity contribution in [3.05, 3.63) is 83.4 Å². The number of carbonyl (C=O) groups is 1. The lowest BCUT2D eigenvalue weighted by molar-refractivity contribution is -0.145. The average molecular weight is 408 g/mol. The van der Waals surface area contributed by atoms with Gasteiger partial charge in [-0.2, -0.15) is 0 Å². The molecule has 0 saturated heterocycles. The third-order valence-corrected chi connectivity index (χ3v) is 5.11. The predicted octanol–water partition coefficient (Wildman–Crippen LogP) is 5.28. The molecule has 3 heterocycles. The maximum atomic E-state index is 13.8. The van der Waals surface area contributed by atoms with Crippen molar-refractivity contribution in [2.24, 2.45) is 0 Å². The van der Waals surface area contributed by atoms with Crippen LogP contribution in [-0.2, 0) is 22.6 Å². The van der Waals surface area contributed by atoms with E-state index in [0.29, 0.717) is 29.2 Å². The lowest BCUT2D eigenvalue weighted by Crippen LogP contribution is -2.05. The highest BCUT2D eigenvalue weighted by atomic mass is 32.1. The smallest absolute Gasteiger partial charge is 0.306 e. The predicted molar refractivity (Wildman–Crippen MR) is 108 cm³/mol. The van der Waals surface area contributed by atoms with Crippen LogP contribution in [0.1, 0.15) is 17.9 Å². The number of nitrogens with zero attached hydrogens (tertiary/aromatic N) is 2. The molecule has 0 unspecified atom stereocenters. The minimum atomic E-state index is -0.346. The van der Waals surface area contributed by atoms with E-state index in [1.807, 2.05) is 23.6 Å². The number of hydrogen-bond donors (Lipinski definition) is 0. The highest BCUT2D eigenvalue weighted by Gasteiger charge is 2.12. The first-order chi connectivity index (χ1) is 14.2. The summed E-state index contributed by atoms with van der Waals surface area (Å²) in [6.45, 7) is 0.112. The van der Waals surface area contributed by atoms with Gasteiger partial charge in [-0.3, -0.25) is 9.78 Å². The lowest BCUT2D eigenvalue weighted by atomic mass is 10.1. The number of thiazole rings is 1. The van der Waals surface area contributed by atoms with Gasteiger partial charge >= 0.3 is 5.97 Å². The monoisotopic (exact) mass is 408 g/mol. The summed E-state index contributed by atoms with van der Waals surface area (Å²) < 4.78 is 24.8. The number of furan rings is 1. The van der Waals surface area contributed by atoms with Gasteiger partial charge in [0.05, 0.1) is 23.4 Å². The number of halogens is 1. The first-order valence-corrected chi connectivity index (χ1v) is 9.92. The van der Waals surface area contributed by atoms with Gasteiger partial charge in [-0.15, -0.1) is 11.3 Å². The Balaban J connectivity index is 1.28. The highest BCUT2D eigenvalue weighted by molar-refractivity contribution is 7.13. The molecule has 3 aromatic heterocycles. The van der Waals surface area contributed by atoms with Crippen molar-refractivity contribution in [1.29, 1.82) is 0 Å². The summed E-state index contributed by atoms with van der Waals surface area (Å²) in [7, 11) is 0. The van der Waals surface area contributed by atoms with E-state index in [1.165, 1.54) is 17.4 Å². The summed E-state index contributed by atoms with van der Waals surface area (Å²) in [6.07, 6.45) is 2.26. The fourth-order valence-electron chi connectivity index (χ4n) is 2.75. The average Bonchev–Trinajstić information content (AvgIpc) is 3.41. The normalized spacial score (nSPS) is 10.8. The van der Waals surface area contributed by atoms with Crippen molar-refractivity contribution in [3.8, 4) is 22.0 Å². The molecule has 5 nitrogen and oxygen atoms in total. The van der Waals surface area contributed by atoms with E-state index >= 15 is 0 Å². The van der Waals surface area contributed by atoms with Gasteiger partial charge in [0.25, 0.3) is 0 Å². The first-order valence-electron chi connectivity index (χ1n) is 9.04. The van der Waals surface area contributed by atoms with E-state index in [-0.39, 0.29) is 24.8 Å². The van der Waals surface area contributed by atoms with Gasteiger partial charge in [0.2, 0.25) is 0 Å². The Labute approximate surface area is 170 Å². The van der Waals surface area contributed by atoms with Crippen LogP contribution < -0.4 is 0 Å². The molecule has 0 aliphatic heterocycles. The van der Waals surface area contributed by atoms with Gasteiger partial charge in [-0.1, -0.05) is 18.2 Å². The summed E-state index contributed by atoms with van der Waals surface area (Å²) in [4.78, 5) is 20.7. The van der Waals surface area contributed by atoms with Crippen LogP contribution in [0.3, 0.4) is 0 Å². The molecule has 4 rings (SSSR count). The summed E-state index contributed by atoms with van der Waals surface area (Å²) >= 11 is 1.46. The quantitative estimate of drug-likeness (QED) is 0.389. The van der Waals surface area contributed by atoms with Crippen LogP contribution in [0.25, 0.3) is 22.0 Å². The van der Waals surface area contributed by atoms with Crippen molar-refractivity contribution in [2.45, 2.75) is 19.4 Å². The molecule has 0 spiro atoms. The number of ether oxygens (including phenoxy) is 1. The molecule has 0 fully saturated rings. The van der Waals surface area contributed by atoms with E-state index in [9.17, 15) is 9.18 Å². The van der Waals surface area contributed by atoms with Crippen molar-refractivity contribution in [3.63, 3.8) is 0 Å². The summed E-state index contributed by atoms with van der Waals surface area (Å²) in [6, 6.07) is 15.5. The highest BCUT2D eigenvalue weighted by Crippen LogP contribution is 2.25. The summed E-state index contributed by atoms with van der Waals surface area (Å²) in [5.74, 6) is 0.352. The van der Waals surface area contributed by atoms with Crippen molar-refractivity contribution in [1.82, 2.24) is 9.97 Å². The second-order valence-electron chi connectivity index (χ2n) is 6.27. The van der Waals surface area contributed by atoms with Crippen LogP contribution in [0.5, 0.6) is 0 Å². The third kappa shape index (κ3) is 4.75. The zero-order valence-electron chi connectivity index (χ0n) is 15.4. The van der Waals surface area contributed by atoms with Gasteiger partial charge in [-0.25, -0.2) is 9.37 Å². The van der Waals surface area contributed by atoms with Gasteiger partial charge in [0.1, 0.15) is 29.0 Å². The summed E-state index contributed by atoms with van der Waals surface area (Å²) in [5.41, 5.74) is 1.87. The topological polar surface area (TPSA) is 65.2 Å². The Morgan fingerprint density at radius 1 is 1.10 bits per heavy atom. The second-order valence-corrected chi connectivity index (χ2v) is 7.12.